The van der Waals surface area contributed by atoms with Crippen molar-refractivity contribution in [2.75, 3.05) is 0 Å². The minimum absolute atomic E-state index is 0.0532. The van der Waals surface area contributed by atoms with Crippen LogP contribution in [-0.4, -0.2) is 32.4 Å². The van der Waals surface area contributed by atoms with Crippen LogP contribution in [0.1, 0.15) is 50.1 Å². The Morgan fingerprint density at radius 3 is 0.708 bits per heavy atom. The maximum atomic E-state index is 14.3. The van der Waals surface area contributed by atoms with Crippen molar-refractivity contribution in [3.05, 3.63) is 508 Å². The van der Waals surface area contributed by atoms with E-state index in [1.165, 1.54) is 100 Å². The van der Waals surface area contributed by atoms with Crippen LogP contribution in [0.3, 0.4) is 0 Å². The van der Waals surface area contributed by atoms with Crippen LogP contribution in [0.5, 0.6) is 0 Å². The molecule has 0 heterocycles. The quantitative estimate of drug-likeness (QED) is 0.0668. The van der Waals surface area contributed by atoms with Crippen LogP contribution in [0.15, 0.2) is 417 Å². The molecule has 0 unspecified atom stereocenters. The lowest BCUT2D eigenvalue weighted by Crippen LogP contribution is -2.75. The van der Waals surface area contributed by atoms with Crippen LogP contribution in [0.25, 0.3) is 0 Å². The molecule has 0 spiro atoms. The SMILES string of the molecule is Brc1ccc([B-](c2ccccc2)(c2ccccc2)c2ccccc2)cc1.Cc1cc(C)cc([B-](c2ccccc2)(c2cc(C)cc(C(F)(F)F)c2)c2cc(C)cc(C(F)(F)F)c2)c1.Cc1ccc([B-](c2ccc(F)cc2)(c2ccc(F)cc2)c2ccc(F)cc2)cc1.Cc1ccc([B-](c2cccc(F)c2)(c2cccc(F)c2)c2cccc(F)c2)cc1.[BH3-]c1ccc(C)c(F)c1. The number of rotatable bonds is 16. The lowest BCUT2D eigenvalue weighted by atomic mass is 9.13. The monoisotopic (exact) mass is 1810 g/mol. The minimum atomic E-state index is -4.62. The van der Waals surface area contributed by atoms with Crippen LogP contribution in [0, 0.1) is 89.2 Å². The molecule has 130 heavy (non-hydrogen) atoms. The Hall–Kier alpha value is -13.4. The molecule has 0 saturated carbocycles. The average molecular weight is 1810 g/mol. The normalized spacial score (nSPS) is 11.6. The molecule has 0 saturated heterocycles. The van der Waals surface area contributed by atoms with Crippen molar-refractivity contribution in [3.8, 4) is 0 Å². The summed E-state index contributed by atoms with van der Waals surface area (Å²) in [6.07, 6.45) is -16.7. The first-order valence-electron chi connectivity index (χ1n) is 42.2. The topological polar surface area (TPSA) is 0 Å². The molecular formula is C111H92B5BrF13-5. The summed E-state index contributed by atoms with van der Waals surface area (Å²) in [5, 5.41) is 0. The van der Waals surface area contributed by atoms with E-state index in [0.717, 1.165) is 83.9 Å². The van der Waals surface area contributed by atoms with Crippen LogP contribution < -0.4 is 92.9 Å². The highest BCUT2D eigenvalue weighted by Gasteiger charge is 2.40. The predicted molar refractivity (Wildman–Crippen MR) is 527 cm³/mol. The van der Waals surface area contributed by atoms with E-state index in [0.29, 0.717) is 49.4 Å². The Balaban J connectivity index is 0.000000144. The van der Waals surface area contributed by atoms with Gasteiger partial charge in [0.15, 0.2) is 0 Å². The zero-order valence-electron chi connectivity index (χ0n) is 71.9. The van der Waals surface area contributed by atoms with Crippen molar-refractivity contribution in [2.24, 2.45) is 0 Å². The third kappa shape index (κ3) is 21.0. The first-order chi connectivity index (χ1) is 62.2. The van der Waals surface area contributed by atoms with Gasteiger partial charge in [-0.25, -0.2) is 36.2 Å². The molecule has 0 bridgehead atoms. The molecule has 654 valence electrons. The minimum Gasteiger partial charge on any atom is -0.218 e. The van der Waals surface area contributed by atoms with Gasteiger partial charge in [0.05, 0.1) is 11.1 Å². The van der Waals surface area contributed by atoms with E-state index in [2.05, 4.69) is 131 Å². The second-order valence-corrected chi connectivity index (χ2v) is 34.1. The van der Waals surface area contributed by atoms with Crippen LogP contribution in [0.4, 0.5) is 57.1 Å². The summed E-state index contributed by atoms with van der Waals surface area (Å²) in [5.74, 6) is -2.24. The average Bonchev–Trinajstić information content (AvgIpc) is 0.777. The predicted octanol–water partition coefficient (Wildman–Crippen LogP) is 17.9. The van der Waals surface area contributed by atoms with E-state index in [-0.39, 0.29) is 31.1 Å². The summed E-state index contributed by atoms with van der Waals surface area (Å²) < 4.78 is 182. The van der Waals surface area contributed by atoms with E-state index >= 15 is 0 Å². The van der Waals surface area contributed by atoms with Gasteiger partial charge < -0.3 is 0 Å². The van der Waals surface area contributed by atoms with Crippen molar-refractivity contribution in [1.29, 1.82) is 0 Å². The number of aryl methyl sites for hydroxylation is 7. The van der Waals surface area contributed by atoms with Gasteiger partial charge in [0.2, 0.25) is 0 Å². The van der Waals surface area contributed by atoms with Crippen molar-refractivity contribution in [2.45, 2.75) is 60.8 Å². The molecule has 0 fully saturated rings. The molecule has 17 rings (SSSR count). The zero-order valence-corrected chi connectivity index (χ0v) is 73.4. The highest BCUT2D eigenvalue weighted by Crippen LogP contribution is 2.33. The Labute approximate surface area is 761 Å². The van der Waals surface area contributed by atoms with Crippen LogP contribution in [0.2, 0.25) is 0 Å². The molecule has 0 atom stereocenters. The van der Waals surface area contributed by atoms with Gasteiger partial charge in [-0.05, 0) is 129 Å². The van der Waals surface area contributed by atoms with E-state index < -0.39 is 65.5 Å². The summed E-state index contributed by atoms with van der Waals surface area (Å²) in [5.41, 5.74) is 18.6. The summed E-state index contributed by atoms with van der Waals surface area (Å²) in [6.45, 7) is 12.7. The molecule has 0 aliphatic rings. The van der Waals surface area contributed by atoms with E-state index in [1.807, 2.05) is 125 Å². The standard InChI is InChI=1S/C30H26BF6.2C25H19BF3.C24H19BBr.C7H9BF/c1-19-10-20(2)14-26(13-19)31(25-8-6-5-7-9-25,27-15-21(3)11-23(17-27)29(32,33)34)28-16-22(4)12-24(18-28)30(35,36)37;1-18-11-13-19(14-12-18)26(20-5-2-8-23(27)15-20,21-6-3-9-24(28)16-21)22-7-4-10-25(29)17-22;1-18-2-4-19(5-3-18)26(20-6-12-23(27)13-7-20,21-8-14-24(28)15-9-21)22-10-16-25(29)17-11-22;26-24-18-16-23(17-19-24)25(20-10-4-1-5-11-20,21-12-6-2-7-13-21)22-14-8-3-9-15-22;1-5-2-3-6(8)4-7(5)9/h5-18H,1-4H3;2*2-17H,1H3;1-19H;2-4H,1,8H3/q5*-1. The number of benzene rings is 17. The summed E-state index contributed by atoms with van der Waals surface area (Å²) >= 11 is 3.59. The van der Waals surface area contributed by atoms with E-state index in [1.54, 1.807) is 124 Å². The first kappa shape index (κ1) is 94.3. The first-order valence-corrected chi connectivity index (χ1v) is 43.0. The highest BCUT2D eigenvalue weighted by molar-refractivity contribution is 9.10. The Bertz CT molecular complexity index is 6190. The Morgan fingerprint density at radius 2 is 0.438 bits per heavy atom. The van der Waals surface area contributed by atoms with Crippen LogP contribution >= 0.6 is 15.9 Å². The van der Waals surface area contributed by atoms with Crippen molar-refractivity contribution < 1.29 is 57.1 Å². The Kier molecular flexibility index (Phi) is 29.7. The Morgan fingerprint density at radius 1 is 0.200 bits per heavy atom. The van der Waals surface area contributed by atoms with Gasteiger partial charge in [0, 0.05) is 4.47 Å². The molecular weight excluding hydrogens is 1710 g/mol. The van der Waals surface area contributed by atoms with Crippen LogP contribution in [-0.2, 0) is 12.4 Å². The van der Waals surface area contributed by atoms with E-state index in [4.69, 9.17) is 0 Å². The van der Waals surface area contributed by atoms with Crippen molar-refractivity contribution in [3.63, 3.8) is 0 Å². The number of hydrogen-bond donors (Lipinski definition) is 0. The second kappa shape index (κ2) is 40.9. The lowest BCUT2D eigenvalue weighted by Gasteiger charge is -2.45. The van der Waals surface area contributed by atoms with Gasteiger partial charge >= 0.3 is 12.4 Å². The fraction of sp³-hybridized carbons (Fsp3) is 0.0811. The second-order valence-electron chi connectivity index (χ2n) is 33.2. The maximum Gasteiger partial charge on any atom is 0.416 e. The largest absolute Gasteiger partial charge is 0.416 e. The maximum absolute atomic E-state index is 14.3. The number of halogens is 14. The van der Waals surface area contributed by atoms with Gasteiger partial charge in [0.1, 0.15) is 65.3 Å². The molecule has 0 amide bonds. The number of hydrogen-bond acceptors (Lipinski definition) is 0. The highest BCUT2D eigenvalue weighted by atomic mass is 79.9. The third-order valence-electron chi connectivity index (χ3n) is 24.5. The smallest absolute Gasteiger partial charge is 0.218 e. The van der Waals surface area contributed by atoms with Crippen molar-refractivity contribution in [1.82, 2.24) is 0 Å². The molecule has 0 aromatic heterocycles. The molecule has 0 aliphatic carbocycles. The molecule has 17 aromatic carbocycles. The van der Waals surface area contributed by atoms with Gasteiger partial charge in [-0.15, -0.1) is 0 Å². The molecule has 0 radical (unpaired) electrons. The van der Waals surface area contributed by atoms with Gasteiger partial charge in [-0.2, -0.15) is 114 Å². The summed E-state index contributed by atoms with van der Waals surface area (Å²) in [6, 6.07) is 123. The number of alkyl halides is 6. The molecule has 19 heteroatoms. The van der Waals surface area contributed by atoms with E-state index in [9.17, 15) is 57.1 Å². The lowest BCUT2D eigenvalue weighted by molar-refractivity contribution is -0.138. The van der Waals surface area contributed by atoms with Gasteiger partial charge in [-0.3, -0.25) is 0 Å². The fourth-order valence-electron chi connectivity index (χ4n) is 18.8. The molecule has 0 aliphatic heterocycles. The van der Waals surface area contributed by atoms with Gasteiger partial charge in [-0.1, -0.05) is 395 Å². The third-order valence-corrected chi connectivity index (χ3v) is 25.0. The molecule has 17 aromatic rings. The summed E-state index contributed by atoms with van der Waals surface area (Å²) in [7, 11) is 0.172. The molecule has 0 N–H and O–H groups in total. The fourth-order valence-corrected chi connectivity index (χ4v) is 19.1. The summed E-state index contributed by atoms with van der Waals surface area (Å²) in [4.78, 5) is 0. The zero-order chi connectivity index (χ0) is 92.7. The van der Waals surface area contributed by atoms with Crippen molar-refractivity contribution >= 4 is 141 Å². The molecule has 0 nitrogen and oxygen atoms in total. The van der Waals surface area contributed by atoms with Gasteiger partial charge in [0.25, 0.3) is 0 Å².